The van der Waals surface area contributed by atoms with Crippen molar-refractivity contribution in [3.63, 3.8) is 0 Å². The molecule has 0 saturated heterocycles. The van der Waals surface area contributed by atoms with E-state index in [4.69, 9.17) is 9.84 Å². The molecule has 0 radical (unpaired) electrons. The molecule has 1 aliphatic rings. The zero-order valence-electron chi connectivity index (χ0n) is 22.3. The summed E-state index contributed by atoms with van der Waals surface area (Å²) in [5.41, 5.74) is 6.81. The summed E-state index contributed by atoms with van der Waals surface area (Å²) in [7, 11) is 1.66. The topological polar surface area (TPSA) is 64.3 Å². The lowest BCUT2D eigenvalue weighted by Gasteiger charge is -2.31. The van der Waals surface area contributed by atoms with Crippen LogP contribution in [-0.4, -0.2) is 32.4 Å². The van der Waals surface area contributed by atoms with Crippen molar-refractivity contribution in [1.82, 2.24) is 19.2 Å². The van der Waals surface area contributed by atoms with Crippen molar-refractivity contribution in [2.24, 2.45) is 0 Å². The molecular weight excluding hydrogens is 486 g/mol. The predicted octanol–water partition coefficient (Wildman–Crippen LogP) is 6.68. The van der Waals surface area contributed by atoms with Gasteiger partial charge in [0.05, 0.1) is 36.8 Å². The number of fused-ring (bicyclic) bond motifs is 3. The van der Waals surface area contributed by atoms with Crippen LogP contribution in [0.1, 0.15) is 41.0 Å². The molecule has 196 valence electrons. The van der Waals surface area contributed by atoms with Crippen molar-refractivity contribution < 1.29 is 9.53 Å². The SMILES string of the molecule is CCc1nn(-c2ccccc2)c2c1CN(C(=O)Nc1ccc(C)cc1)C(c1cccc(OC)c1)c1cccn1-2. The lowest BCUT2D eigenvalue weighted by atomic mass is 10.0. The summed E-state index contributed by atoms with van der Waals surface area (Å²) >= 11 is 0. The fraction of sp³-hybridized carbons (Fsp3) is 0.188. The number of benzene rings is 3. The molecule has 3 aromatic carbocycles. The van der Waals surface area contributed by atoms with E-state index in [1.807, 2.05) is 83.2 Å². The van der Waals surface area contributed by atoms with E-state index in [0.717, 1.165) is 57.4 Å². The molecule has 39 heavy (non-hydrogen) atoms. The van der Waals surface area contributed by atoms with E-state index in [9.17, 15) is 4.79 Å². The van der Waals surface area contributed by atoms with Gasteiger partial charge in [0.2, 0.25) is 0 Å². The quantitative estimate of drug-likeness (QED) is 0.283. The highest BCUT2D eigenvalue weighted by atomic mass is 16.5. The molecule has 7 nitrogen and oxygen atoms in total. The Labute approximate surface area is 228 Å². The number of carbonyl (C=O) groups is 1. The van der Waals surface area contributed by atoms with Crippen LogP contribution < -0.4 is 10.1 Å². The molecular formula is C32H31N5O2. The zero-order valence-corrected chi connectivity index (χ0v) is 22.3. The van der Waals surface area contributed by atoms with E-state index in [1.54, 1.807) is 7.11 Å². The molecule has 0 bridgehead atoms. The third-order valence-corrected chi connectivity index (χ3v) is 7.28. The van der Waals surface area contributed by atoms with Gasteiger partial charge >= 0.3 is 6.03 Å². The number of anilines is 1. The van der Waals surface area contributed by atoms with Crippen LogP contribution in [-0.2, 0) is 13.0 Å². The fourth-order valence-corrected chi connectivity index (χ4v) is 5.34. The van der Waals surface area contributed by atoms with Crippen molar-refractivity contribution in [2.45, 2.75) is 32.9 Å². The van der Waals surface area contributed by atoms with E-state index < -0.39 is 0 Å². The Bertz CT molecular complexity index is 1620. The first-order chi connectivity index (χ1) is 19.1. The summed E-state index contributed by atoms with van der Waals surface area (Å²) in [5, 5.41) is 8.17. The van der Waals surface area contributed by atoms with Crippen LogP contribution in [0.5, 0.6) is 5.75 Å². The number of hydrogen-bond acceptors (Lipinski definition) is 3. The predicted molar refractivity (Wildman–Crippen MR) is 153 cm³/mol. The first-order valence-electron chi connectivity index (χ1n) is 13.2. The molecule has 1 aliphatic heterocycles. The monoisotopic (exact) mass is 517 g/mol. The highest BCUT2D eigenvalue weighted by Gasteiger charge is 2.36. The van der Waals surface area contributed by atoms with Crippen molar-refractivity contribution in [2.75, 3.05) is 12.4 Å². The maximum absolute atomic E-state index is 14.1. The Morgan fingerprint density at radius 2 is 1.79 bits per heavy atom. The van der Waals surface area contributed by atoms with E-state index in [-0.39, 0.29) is 12.1 Å². The molecule has 1 N–H and O–H groups in total. The Kier molecular flexibility index (Phi) is 6.40. The molecule has 5 aromatic rings. The maximum atomic E-state index is 14.1. The average Bonchev–Trinajstić information content (AvgIpc) is 3.55. The Balaban J connectivity index is 1.55. The molecule has 0 fully saturated rings. The highest BCUT2D eigenvalue weighted by molar-refractivity contribution is 5.90. The highest BCUT2D eigenvalue weighted by Crippen LogP contribution is 2.39. The number of rotatable bonds is 5. The number of carbonyl (C=O) groups excluding carboxylic acids is 1. The van der Waals surface area contributed by atoms with E-state index in [2.05, 4.69) is 47.3 Å². The number of aromatic nitrogens is 3. The normalized spacial score (nSPS) is 14.3. The number of hydrogen-bond donors (Lipinski definition) is 1. The van der Waals surface area contributed by atoms with Gasteiger partial charge in [0.25, 0.3) is 0 Å². The molecule has 0 aliphatic carbocycles. The molecule has 1 atom stereocenters. The van der Waals surface area contributed by atoms with E-state index >= 15 is 0 Å². The number of urea groups is 1. The molecule has 7 heteroatoms. The van der Waals surface area contributed by atoms with Crippen LogP contribution in [0.25, 0.3) is 11.5 Å². The smallest absolute Gasteiger partial charge is 0.322 e. The number of methoxy groups -OCH3 is 1. The Hall–Kier alpha value is -4.78. The van der Waals surface area contributed by atoms with Crippen LogP contribution in [0.2, 0.25) is 0 Å². The van der Waals surface area contributed by atoms with Crippen LogP contribution in [0.3, 0.4) is 0 Å². The standard InChI is InChI=1S/C32H31N5O2/c1-4-28-27-21-36(32(38)33-24-17-15-22(2)16-18-24)30(23-10-8-13-26(20-23)39-3)29-14-9-19-35(29)31(27)37(34-28)25-11-6-5-7-12-25/h5-20,30H,4,21H2,1-3H3,(H,33,38). The second-order valence-electron chi connectivity index (χ2n) is 9.76. The van der Waals surface area contributed by atoms with Crippen molar-refractivity contribution in [1.29, 1.82) is 0 Å². The van der Waals surface area contributed by atoms with Crippen LogP contribution in [0, 0.1) is 6.92 Å². The van der Waals surface area contributed by atoms with Crippen LogP contribution in [0.15, 0.2) is 97.2 Å². The van der Waals surface area contributed by atoms with E-state index in [1.165, 1.54) is 0 Å². The molecule has 2 aromatic heterocycles. The number of nitrogens with zero attached hydrogens (tertiary/aromatic N) is 4. The minimum absolute atomic E-state index is 0.179. The minimum atomic E-state index is -0.359. The lowest BCUT2D eigenvalue weighted by Crippen LogP contribution is -2.38. The summed E-state index contributed by atoms with van der Waals surface area (Å²) < 4.78 is 9.75. The van der Waals surface area contributed by atoms with E-state index in [0.29, 0.717) is 6.54 Å². The molecule has 3 heterocycles. The summed E-state index contributed by atoms with van der Waals surface area (Å²) in [6, 6.07) is 29.6. The largest absolute Gasteiger partial charge is 0.497 e. The van der Waals surface area contributed by atoms with Gasteiger partial charge in [-0.3, -0.25) is 0 Å². The first kappa shape index (κ1) is 24.6. The summed E-state index contributed by atoms with van der Waals surface area (Å²) in [5.74, 6) is 1.70. The Morgan fingerprint density at radius 1 is 1.00 bits per heavy atom. The number of ether oxygens (including phenoxy) is 1. The lowest BCUT2D eigenvalue weighted by molar-refractivity contribution is 0.194. The zero-order chi connectivity index (χ0) is 26.9. The fourth-order valence-electron chi connectivity index (χ4n) is 5.34. The maximum Gasteiger partial charge on any atom is 0.322 e. The summed E-state index contributed by atoms with van der Waals surface area (Å²) in [6.45, 7) is 4.54. The van der Waals surface area contributed by atoms with Gasteiger partial charge in [-0.25, -0.2) is 9.48 Å². The first-order valence-corrected chi connectivity index (χ1v) is 13.2. The van der Waals surface area contributed by atoms with Crippen molar-refractivity contribution in [3.05, 3.63) is 125 Å². The van der Waals surface area contributed by atoms with Gasteiger partial charge in [0.15, 0.2) is 0 Å². The summed E-state index contributed by atoms with van der Waals surface area (Å²) in [6.07, 6.45) is 2.80. The number of nitrogens with one attached hydrogen (secondary N) is 1. The van der Waals surface area contributed by atoms with Crippen molar-refractivity contribution >= 4 is 11.7 Å². The van der Waals surface area contributed by atoms with Gasteiger partial charge < -0.3 is 19.5 Å². The second-order valence-corrected chi connectivity index (χ2v) is 9.76. The van der Waals surface area contributed by atoms with Crippen LogP contribution >= 0.6 is 0 Å². The van der Waals surface area contributed by atoms with Gasteiger partial charge in [0.1, 0.15) is 11.6 Å². The average molecular weight is 518 g/mol. The molecule has 1 unspecified atom stereocenters. The molecule has 6 rings (SSSR count). The molecule has 2 amide bonds. The van der Waals surface area contributed by atoms with Gasteiger partial charge in [-0.1, -0.05) is 55.0 Å². The van der Waals surface area contributed by atoms with Crippen molar-refractivity contribution in [3.8, 4) is 17.3 Å². The van der Waals surface area contributed by atoms with Gasteiger partial charge in [0, 0.05) is 17.4 Å². The summed E-state index contributed by atoms with van der Waals surface area (Å²) in [4.78, 5) is 16.0. The van der Waals surface area contributed by atoms with Gasteiger partial charge in [-0.2, -0.15) is 5.10 Å². The number of para-hydroxylation sites is 1. The van der Waals surface area contributed by atoms with Gasteiger partial charge in [-0.15, -0.1) is 0 Å². The van der Waals surface area contributed by atoms with Crippen LogP contribution in [0.4, 0.5) is 10.5 Å². The van der Waals surface area contributed by atoms with Gasteiger partial charge in [-0.05, 0) is 67.4 Å². The minimum Gasteiger partial charge on any atom is -0.497 e. The third-order valence-electron chi connectivity index (χ3n) is 7.28. The molecule has 0 saturated carbocycles. The number of amides is 2. The number of aryl methyl sites for hydroxylation is 2. The third kappa shape index (κ3) is 4.46. The Morgan fingerprint density at radius 3 is 2.54 bits per heavy atom. The molecule has 0 spiro atoms. The second kappa shape index (κ2) is 10.2.